The molecule has 1 aromatic carbocycles. The molecule has 3 heterocycles. The molecule has 6 heteroatoms. The summed E-state index contributed by atoms with van der Waals surface area (Å²) in [4.78, 5) is 30.2. The number of ether oxygens (including phenoxy) is 1. The van der Waals surface area contributed by atoms with Crippen molar-refractivity contribution in [2.45, 2.75) is 45.7 Å². The average Bonchev–Trinajstić information content (AvgIpc) is 3.20. The molecule has 1 amide bonds. The van der Waals surface area contributed by atoms with E-state index < -0.39 is 0 Å². The minimum atomic E-state index is -0.125. The van der Waals surface area contributed by atoms with Gasteiger partial charge in [0.2, 0.25) is 0 Å². The summed E-state index contributed by atoms with van der Waals surface area (Å²) in [6.07, 6.45) is 1.73. The number of methoxy groups -OCH3 is 1. The lowest BCUT2D eigenvalue weighted by molar-refractivity contribution is 0.0127. The van der Waals surface area contributed by atoms with Gasteiger partial charge in [-0.15, -0.1) is 0 Å². The van der Waals surface area contributed by atoms with Crippen molar-refractivity contribution < 1.29 is 14.3 Å². The van der Waals surface area contributed by atoms with Crippen LogP contribution in [0.25, 0.3) is 0 Å². The second kappa shape index (κ2) is 8.15. The van der Waals surface area contributed by atoms with Crippen LogP contribution < -0.4 is 4.74 Å². The third-order valence-corrected chi connectivity index (χ3v) is 7.14. The second-order valence-corrected chi connectivity index (χ2v) is 9.20. The molecule has 166 valence electrons. The van der Waals surface area contributed by atoms with Crippen molar-refractivity contribution >= 4 is 11.7 Å². The first-order chi connectivity index (χ1) is 14.8. The number of aryl methyl sites for hydroxylation is 1. The predicted molar refractivity (Wildman–Crippen MR) is 121 cm³/mol. The van der Waals surface area contributed by atoms with E-state index in [1.165, 1.54) is 5.69 Å². The molecule has 0 bridgehead atoms. The van der Waals surface area contributed by atoms with E-state index >= 15 is 0 Å². The van der Waals surface area contributed by atoms with Crippen molar-refractivity contribution in [3.63, 3.8) is 0 Å². The molecule has 0 N–H and O–H groups in total. The number of fused-ring (bicyclic) bond motifs is 2. The number of nitrogens with zero attached hydrogens (tertiary/aromatic N) is 3. The van der Waals surface area contributed by atoms with Gasteiger partial charge in [0.1, 0.15) is 5.75 Å². The molecule has 1 fully saturated rings. The minimum Gasteiger partial charge on any atom is -0.496 e. The Morgan fingerprint density at radius 2 is 1.74 bits per heavy atom. The number of aromatic nitrogens is 1. The summed E-state index contributed by atoms with van der Waals surface area (Å²) in [5.41, 5.74) is 3.59. The third-order valence-electron chi connectivity index (χ3n) is 7.14. The first kappa shape index (κ1) is 21.6. The van der Waals surface area contributed by atoms with Crippen molar-refractivity contribution in [1.29, 1.82) is 0 Å². The number of Topliss-reactive ketones (excluding diaryl/α,β-unsaturated/α-hetero) is 1. The van der Waals surface area contributed by atoms with Gasteiger partial charge in [-0.25, -0.2) is 0 Å². The number of likely N-dealkylation sites (N-methyl/N-ethyl adjacent to an activating group) is 1. The van der Waals surface area contributed by atoms with Crippen LogP contribution in [-0.2, 0) is 12.1 Å². The van der Waals surface area contributed by atoms with E-state index in [0.29, 0.717) is 18.7 Å². The number of hydrogen-bond acceptors (Lipinski definition) is 4. The van der Waals surface area contributed by atoms with Crippen LogP contribution in [-0.4, -0.2) is 59.8 Å². The standard InChI is InChI=1S/C25H33N3O3/c1-17(2)23(29)20-7-9-22-25(26(4)14-15-28(20)22)10-12-27(13-11-25)24(30)19-6-8-21(31-5)18(3)16-19/h6-9,16-17H,10-15H2,1-5H3. The number of ketones is 1. The fourth-order valence-corrected chi connectivity index (χ4v) is 5.20. The lowest BCUT2D eigenvalue weighted by Crippen LogP contribution is -2.56. The molecule has 4 rings (SSSR count). The molecular weight excluding hydrogens is 390 g/mol. The summed E-state index contributed by atoms with van der Waals surface area (Å²) in [7, 11) is 3.81. The van der Waals surface area contributed by atoms with Crippen LogP contribution in [0.4, 0.5) is 0 Å². The van der Waals surface area contributed by atoms with Gasteiger partial charge in [0.25, 0.3) is 5.91 Å². The van der Waals surface area contributed by atoms with Crippen LogP contribution in [0.1, 0.15) is 58.8 Å². The van der Waals surface area contributed by atoms with E-state index in [2.05, 4.69) is 22.6 Å². The first-order valence-electron chi connectivity index (χ1n) is 11.2. The Balaban J connectivity index is 1.56. The topological polar surface area (TPSA) is 54.8 Å². The average molecular weight is 424 g/mol. The highest BCUT2D eigenvalue weighted by Crippen LogP contribution is 2.42. The van der Waals surface area contributed by atoms with Crippen molar-refractivity contribution in [2.24, 2.45) is 5.92 Å². The largest absolute Gasteiger partial charge is 0.496 e. The van der Waals surface area contributed by atoms with Crippen LogP contribution in [0.2, 0.25) is 0 Å². The predicted octanol–water partition coefficient (Wildman–Crippen LogP) is 3.72. The number of rotatable bonds is 4. The molecular formula is C25H33N3O3. The maximum absolute atomic E-state index is 13.1. The summed E-state index contributed by atoms with van der Waals surface area (Å²) in [5.74, 6) is 1.06. The Morgan fingerprint density at radius 3 is 2.35 bits per heavy atom. The number of hydrogen-bond donors (Lipinski definition) is 0. The molecule has 0 atom stereocenters. The Labute approximate surface area is 184 Å². The van der Waals surface area contributed by atoms with E-state index in [0.717, 1.165) is 42.9 Å². The Morgan fingerprint density at radius 1 is 1.03 bits per heavy atom. The van der Waals surface area contributed by atoms with Crippen LogP contribution >= 0.6 is 0 Å². The van der Waals surface area contributed by atoms with Crippen molar-refractivity contribution in [3.05, 3.63) is 52.8 Å². The molecule has 0 aliphatic carbocycles. The Hall–Kier alpha value is -2.60. The molecule has 0 unspecified atom stereocenters. The SMILES string of the molecule is COc1ccc(C(=O)N2CCC3(CC2)c2ccc(C(=O)C(C)C)n2CCN3C)cc1C. The monoisotopic (exact) mass is 423 g/mol. The fraction of sp³-hybridized carbons (Fsp3) is 0.520. The Kier molecular flexibility index (Phi) is 5.69. The van der Waals surface area contributed by atoms with Gasteiger partial charge in [-0.2, -0.15) is 0 Å². The molecule has 1 aromatic heterocycles. The number of carbonyl (C=O) groups excluding carboxylic acids is 2. The molecule has 6 nitrogen and oxygen atoms in total. The number of piperidine rings is 1. The zero-order chi connectivity index (χ0) is 22.3. The fourth-order valence-electron chi connectivity index (χ4n) is 5.20. The summed E-state index contributed by atoms with van der Waals surface area (Å²) >= 11 is 0. The number of amides is 1. The lowest BCUT2D eigenvalue weighted by Gasteiger charge is -2.50. The zero-order valence-electron chi connectivity index (χ0n) is 19.3. The van der Waals surface area contributed by atoms with Gasteiger partial charge >= 0.3 is 0 Å². The van der Waals surface area contributed by atoms with Gasteiger partial charge in [0.05, 0.1) is 18.3 Å². The number of benzene rings is 1. The van der Waals surface area contributed by atoms with Gasteiger partial charge in [-0.1, -0.05) is 13.8 Å². The first-order valence-corrected chi connectivity index (χ1v) is 11.2. The van der Waals surface area contributed by atoms with Crippen LogP contribution in [0.15, 0.2) is 30.3 Å². The molecule has 1 saturated heterocycles. The smallest absolute Gasteiger partial charge is 0.253 e. The van der Waals surface area contributed by atoms with E-state index in [-0.39, 0.29) is 23.1 Å². The van der Waals surface area contributed by atoms with Crippen molar-refractivity contribution in [2.75, 3.05) is 33.8 Å². The molecule has 0 saturated carbocycles. The van der Waals surface area contributed by atoms with Gasteiger partial charge in [0, 0.05) is 43.4 Å². The summed E-state index contributed by atoms with van der Waals surface area (Å²) in [6.45, 7) is 9.02. The van der Waals surface area contributed by atoms with E-state index in [1.807, 2.05) is 49.9 Å². The molecule has 1 spiro atoms. The van der Waals surface area contributed by atoms with Gasteiger partial charge in [-0.3, -0.25) is 14.5 Å². The van der Waals surface area contributed by atoms with Gasteiger partial charge in [-0.05, 0) is 62.7 Å². The highest BCUT2D eigenvalue weighted by Gasteiger charge is 2.45. The van der Waals surface area contributed by atoms with Crippen molar-refractivity contribution in [3.8, 4) is 5.75 Å². The molecule has 2 aliphatic heterocycles. The maximum Gasteiger partial charge on any atom is 0.253 e. The number of likely N-dealkylation sites (tertiary alicyclic amines) is 1. The quantitative estimate of drug-likeness (QED) is 0.704. The number of carbonyl (C=O) groups is 2. The molecule has 2 aliphatic rings. The van der Waals surface area contributed by atoms with Crippen LogP contribution in [0.5, 0.6) is 5.75 Å². The van der Waals surface area contributed by atoms with E-state index in [4.69, 9.17) is 4.74 Å². The van der Waals surface area contributed by atoms with Crippen LogP contribution in [0, 0.1) is 12.8 Å². The molecule has 2 aromatic rings. The summed E-state index contributed by atoms with van der Waals surface area (Å²) in [5, 5.41) is 0. The maximum atomic E-state index is 13.1. The highest BCUT2D eigenvalue weighted by atomic mass is 16.5. The Bertz CT molecular complexity index is 999. The second-order valence-electron chi connectivity index (χ2n) is 9.20. The zero-order valence-corrected chi connectivity index (χ0v) is 19.3. The third kappa shape index (κ3) is 3.57. The normalized spacial score (nSPS) is 18.3. The highest BCUT2D eigenvalue weighted by molar-refractivity contribution is 5.96. The lowest BCUT2D eigenvalue weighted by atomic mass is 9.81. The minimum absolute atomic E-state index is 0.0120. The molecule has 0 radical (unpaired) electrons. The van der Waals surface area contributed by atoms with Crippen molar-refractivity contribution in [1.82, 2.24) is 14.4 Å². The van der Waals surface area contributed by atoms with Gasteiger partial charge in [0.15, 0.2) is 5.78 Å². The van der Waals surface area contributed by atoms with Crippen LogP contribution in [0.3, 0.4) is 0 Å². The summed E-state index contributed by atoms with van der Waals surface area (Å²) in [6, 6.07) is 9.75. The summed E-state index contributed by atoms with van der Waals surface area (Å²) < 4.78 is 7.55. The van der Waals surface area contributed by atoms with E-state index in [1.54, 1.807) is 7.11 Å². The molecule has 31 heavy (non-hydrogen) atoms. The van der Waals surface area contributed by atoms with Gasteiger partial charge < -0.3 is 14.2 Å². The van der Waals surface area contributed by atoms with E-state index in [9.17, 15) is 9.59 Å².